The number of aromatic nitrogens is 2. The molecule has 1 heterocycles. The third-order valence-corrected chi connectivity index (χ3v) is 3.69. The lowest BCUT2D eigenvalue weighted by molar-refractivity contribution is 0.447. The zero-order valence-electron chi connectivity index (χ0n) is 12.9. The highest BCUT2D eigenvalue weighted by molar-refractivity contribution is 5.49. The third-order valence-electron chi connectivity index (χ3n) is 3.69. The minimum Gasteiger partial charge on any atom is -0.436 e. The average Bonchev–Trinajstić information content (AvgIpc) is 2.51. The highest BCUT2D eigenvalue weighted by Crippen LogP contribution is 2.29. The second kappa shape index (κ2) is 6.36. The summed E-state index contributed by atoms with van der Waals surface area (Å²) < 4.78 is 5.86. The number of aryl methyl sites for hydroxylation is 2. The molecule has 0 spiro atoms. The molecule has 2 rings (SSSR count). The minimum absolute atomic E-state index is 0.292. The van der Waals surface area contributed by atoms with Gasteiger partial charge in [-0.25, -0.2) is 0 Å². The Bertz CT molecular complexity index is 702. The van der Waals surface area contributed by atoms with Crippen molar-refractivity contribution in [2.75, 3.05) is 0 Å². The number of ether oxygens (including phenoxy) is 1. The largest absolute Gasteiger partial charge is 0.436 e. The van der Waals surface area contributed by atoms with E-state index in [0.717, 1.165) is 35.2 Å². The fourth-order valence-electron chi connectivity index (χ4n) is 2.28. The van der Waals surface area contributed by atoms with Crippen molar-refractivity contribution in [3.63, 3.8) is 0 Å². The van der Waals surface area contributed by atoms with Crippen molar-refractivity contribution in [2.45, 2.75) is 40.5 Å². The Kier molecular flexibility index (Phi) is 4.54. The Morgan fingerprint density at radius 1 is 1.14 bits per heavy atom. The van der Waals surface area contributed by atoms with Gasteiger partial charge in [-0.05, 0) is 49.4 Å². The summed E-state index contributed by atoms with van der Waals surface area (Å²) in [6.45, 7) is 8.04. The Balaban J connectivity index is 2.50. The molecule has 0 saturated carbocycles. The molecule has 0 atom stereocenters. The number of hydrogen-bond donors (Lipinski definition) is 0. The van der Waals surface area contributed by atoms with Crippen LogP contribution in [0.1, 0.15) is 41.8 Å². The quantitative estimate of drug-likeness (QED) is 0.853. The first-order chi connectivity index (χ1) is 10.1. The standard InChI is InChI=1S/C17H19N3O/c1-5-13-14(10-18)17(20-19-15(13)6-2)21-16-9-7-8-11(3)12(16)4/h7-9H,5-6H2,1-4H3. The first-order valence-corrected chi connectivity index (χ1v) is 7.14. The predicted octanol–water partition coefficient (Wildman–Crippen LogP) is 3.88. The van der Waals surface area contributed by atoms with Crippen molar-refractivity contribution in [2.24, 2.45) is 0 Å². The van der Waals surface area contributed by atoms with E-state index in [4.69, 9.17) is 4.74 Å². The zero-order chi connectivity index (χ0) is 15.4. The highest BCUT2D eigenvalue weighted by atomic mass is 16.5. The van der Waals surface area contributed by atoms with Crippen LogP contribution in [0, 0.1) is 25.2 Å². The van der Waals surface area contributed by atoms with Gasteiger partial charge < -0.3 is 4.74 Å². The van der Waals surface area contributed by atoms with Crippen LogP contribution in [0.2, 0.25) is 0 Å². The van der Waals surface area contributed by atoms with Crippen molar-refractivity contribution in [1.82, 2.24) is 10.2 Å². The van der Waals surface area contributed by atoms with Gasteiger partial charge in [-0.3, -0.25) is 0 Å². The number of rotatable bonds is 4. The molecule has 0 aliphatic heterocycles. The normalized spacial score (nSPS) is 10.2. The summed E-state index contributed by atoms with van der Waals surface area (Å²) >= 11 is 0. The number of hydrogen-bond acceptors (Lipinski definition) is 4. The van der Waals surface area contributed by atoms with E-state index in [1.54, 1.807) is 0 Å². The van der Waals surface area contributed by atoms with E-state index in [1.807, 2.05) is 45.9 Å². The van der Waals surface area contributed by atoms with Crippen LogP contribution in [-0.2, 0) is 12.8 Å². The van der Waals surface area contributed by atoms with Gasteiger partial charge in [0, 0.05) is 0 Å². The van der Waals surface area contributed by atoms with Gasteiger partial charge >= 0.3 is 0 Å². The Morgan fingerprint density at radius 2 is 1.90 bits per heavy atom. The van der Waals surface area contributed by atoms with Crippen molar-refractivity contribution >= 4 is 0 Å². The first kappa shape index (κ1) is 15.0. The van der Waals surface area contributed by atoms with Crippen LogP contribution in [-0.4, -0.2) is 10.2 Å². The molecule has 0 unspecified atom stereocenters. The molecule has 0 aliphatic rings. The van der Waals surface area contributed by atoms with Crippen molar-refractivity contribution in [3.8, 4) is 17.7 Å². The van der Waals surface area contributed by atoms with Crippen LogP contribution in [0.5, 0.6) is 11.6 Å². The van der Waals surface area contributed by atoms with Crippen molar-refractivity contribution in [3.05, 3.63) is 46.1 Å². The Hall–Kier alpha value is -2.41. The minimum atomic E-state index is 0.292. The molecular formula is C17H19N3O. The van der Waals surface area contributed by atoms with Crippen LogP contribution in [0.4, 0.5) is 0 Å². The van der Waals surface area contributed by atoms with E-state index in [-0.39, 0.29) is 0 Å². The molecule has 2 aromatic rings. The van der Waals surface area contributed by atoms with E-state index in [2.05, 4.69) is 16.3 Å². The van der Waals surface area contributed by atoms with Crippen LogP contribution in [0.3, 0.4) is 0 Å². The molecule has 4 nitrogen and oxygen atoms in total. The summed E-state index contributed by atoms with van der Waals surface area (Å²) in [5.74, 6) is 1.01. The van der Waals surface area contributed by atoms with Gasteiger partial charge in [0.15, 0.2) is 0 Å². The second-order valence-electron chi connectivity index (χ2n) is 4.92. The number of nitriles is 1. The maximum absolute atomic E-state index is 9.45. The second-order valence-corrected chi connectivity index (χ2v) is 4.92. The molecule has 0 radical (unpaired) electrons. The summed E-state index contributed by atoms with van der Waals surface area (Å²) in [4.78, 5) is 0. The lowest BCUT2D eigenvalue weighted by Gasteiger charge is -2.13. The molecule has 4 heteroatoms. The molecule has 1 aromatic heterocycles. The Labute approximate surface area is 125 Å². The monoisotopic (exact) mass is 281 g/mol. The van der Waals surface area contributed by atoms with Crippen LogP contribution < -0.4 is 4.74 Å². The summed E-state index contributed by atoms with van der Waals surface area (Å²) in [5, 5.41) is 17.8. The van der Waals surface area contributed by atoms with Crippen LogP contribution in [0.15, 0.2) is 18.2 Å². The molecule has 108 valence electrons. The number of nitrogens with zero attached hydrogens (tertiary/aromatic N) is 3. The fourth-order valence-corrected chi connectivity index (χ4v) is 2.28. The smallest absolute Gasteiger partial charge is 0.257 e. The van der Waals surface area contributed by atoms with Gasteiger partial charge in [0.1, 0.15) is 17.4 Å². The van der Waals surface area contributed by atoms with E-state index >= 15 is 0 Å². The van der Waals surface area contributed by atoms with Gasteiger partial charge in [0.05, 0.1) is 5.69 Å². The van der Waals surface area contributed by atoms with E-state index in [0.29, 0.717) is 17.2 Å². The molecule has 0 amide bonds. The van der Waals surface area contributed by atoms with Gasteiger partial charge in [-0.15, -0.1) is 5.10 Å². The molecule has 0 N–H and O–H groups in total. The first-order valence-electron chi connectivity index (χ1n) is 7.14. The SMILES string of the molecule is CCc1nnc(Oc2cccc(C)c2C)c(C#N)c1CC. The lowest BCUT2D eigenvalue weighted by Crippen LogP contribution is -2.05. The molecule has 21 heavy (non-hydrogen) atoms. The summed E-state index contributed by atoms with van der Waals surface area (Å²) in [5.41, 5.74) is 4.46. The van der Waals surface area contributed by atoms with Gasteiger partial charge in [0.25, 0.3) is 5.88 Å². The van der Waals surface area contributed by atoms with E-state index in [1.165, 1.54) is 0 Å². The molecule has 0 saturated heterocycles. The fraction of sp³-hybridized carbons (Fsp3) is 0.353. The topological polar surface area (TPSA) is 58.8 Å². The predicted molar refractivity (Wildman–Crippen MR) is 81.5 cm³/mol. The van der Waals surface area contributed by atoms with Gasteiger partial charge in [0.2, 0.25) is 0 Å². The third kappa shape index (κ3) is 2.87. The van der Waals surface area contributed by atoms with Gasteiger partial charge in [-0.2, -0.15) is 10.4 Å². The van der Waals surface area contributed by atoms with Crippen LogP contribution >= 0.6 is 0 Å². The maximum atomic E-state index is 9.45. The molecule has 0 fully saturated rings. The average molecular weight is 281 g/mol. The van der Waals surface area contributed by atoms with Gasteiger partial charge in [-0.1, -0.05) is 26.0 Å². The Morgan fingerprint density at radius 3 is 2.52 bits per heavy atom. The summed E-state index contributed by atoms with van der Waals surface area (Å²) in [6, 6.07) is 8.05. The molecular weight excluding hydrogens is 262 g/mol. The van der Waals surface area contributed by atoms with Crippen molar-refractivity contribution < 1.29 is 4.74 Å². The van der Waals surface area contributed by atoms with E-state index < -0.39 is 0 Å². The number of benzene rings is 1. The maximum Gasteiger partial charge on any atom is 0.257 e. The summed E-state index contributed by atoms with van der Waals surface area (Å²) in [7, 11) is 0. The summed E-state index contributed by atoms with van der Waals surface area (Å²) in [6.07, 6.45) is 1.50. The van der Waals surface area contributed by atoms with Crippen molar-refractivity contribution in [1.29, 1.82) is 5.26 Å². The highest BCUT2D eigenvalue weighted by Gasteiger charge is 2.16. The molecule has 1 aromatic carbocycles. The van der Waals surface area contributed by atoms with E-state index in [9.17, 15) is 5.26 Å². The lowest BCUT2D eigenvalue weighted by atomic mass is 10.0. The zero-order valence-corrected chi connectivity index (χ0v) is 12.9. The molecule has 0 aliphatic carbocycles. The molecule has 0 bridgehead atoms. The van der Waals surface area contributed by atoms with Crippen LogP contribution in [0.25, 0.3) is 0 Å².